The van der Waals surface area contributed by atoms with Gasteiger partial charge >= 0.3 is 0 Å². The molecule has 0 bridgehead atoms. The molecule has 0 radical (unpaired) electrons. The highest BCUT2D eigenvalue weighted by Gasteiger charge is 1.97. The molecule has 1 aromatic rings. The van der Waals surface area contributed by atoms with Crippen LogP contribution >= 0.6 is 11.6 Å². The van der Waals surface area contributed by atoms with Crippen LogP contribution in [0.2, 0.25) is 5.02 Å². The van der Waals surface area contributed by atoms with Crippen molar-refractivity contribution in [2.45, 2.75) is 13.3 Å². The molecule has 0 atom stereocenters. The molecule has 0 spiro atoms. The summed E-state index contributed by atoms with van der Waals surface area (Å²) in [6, 6.07) is 7.31. The first-order chi connectivity index (χ1) is 8.76. The highest BCUT2D eigenvalue weighted by Crippen LogP contribution is 2.12. The van der Waals surface area contributed by atoms with E-state index < -0.39 is 0 Å². The van der Waals surface area contributed by atoms with Crippen molar-refractivity contribution in [1.82, 2.24) is 5.43 Å². The van der Waals surface area contributed by atoms with Gasteiger partial charge in [-0.15, -0.1) is 0 Å². The summed E-state index contributed by atoms with van der Waals surface area (Å²) >= 11 is 5.80. The Kier molecular flexibility index (Phi) is 7.17. The van der Waals surface area contributed by atoms with E-state index in [2.05, 4.69) is 15.7 Å². The number of hydrogen-bond acceptors (Lipinski definition) is 3. The minimum absolute atomic E-state index is 0.522. The topological polar surface area (TPSA) is 71.7 Å². The van der Waals surface area contributed by atoms with Gasteiger partial charge in [-0.3, -0.25) is 10.4 Å². The molecule has 1 aromatic carbocycles. The van der Waals surface area contributed by atoms with Gasteiger partial charge in [-0.05, 0) is 37.6 Å². The smallest absolute Gasteiger partial charge is 0.210 e. The van der Waals surface area contributed by atoms with E-state index in [4.69, 9.17) is 22.2 Å². The van der Waals surface area contributed by atoms with Crippen molar-refractivity contribution in [3.63, 3.8) is 0 Å². The molecule has 0 aliphatic carbocycles. The molecule has 0 fully saturated rings. The quantitative estimate of drug-likeness (QED) is 0.243. The molecule has 0 aliphatic heterocycles. The van der Waals surface area contributed by atoms with Crippen LogP contribution in [0.5, 0.6) is 0 Å². The standard InChI is InChI=1S/C12H19ClN4O/c1-2-18-9-3-8-15-12(17-14)16-11-6-4-10(13)5-7-11/h4-7H,2-3,8-9,14H2,1H3,(H2,15,16,17). The fourth-order valence-electron chi connectivity index (χ4n) is 1.29. The lowest BCUT2D eigenvalue weighted by Crippen LogP contribution is -2.36. The molecule has 0 aromatic heterocycles. The predicted molar refractivity (Wildman–Crippen MR) is 75.8 cm³/mol. The molecule has 4 N–H and O–H groups in total. The maximum atomic E-state index is 5.80. The Morgan fingerprint density at radius 3 is 2.72 bits per heavy atom. The number of anilines is 1. The van der Waals surface area contributed by atoms with Gasteiger partial charge in [0.1, 0.15) is 0 Å². The molecule has 100 valence electrons. The normalized spacial score (nSPS) is 11.4. The first kappa shape index (κ1) is 14.8. The Balaban J connectivity index is 2.40. The maximum absolute atomic E-state index is 5.80. The average Bonchev–Trinajstić information content (AvgIpc) is 2.39. The highest BCUT2D eigenvalue weighted by atomic mass is 35.5. The van der Waals surface area contributed by atoms with Crippen molar-refractivity contribution < 1.29 is 4.74 Å². The summed E-state index contributed by atoms with van der Waals surface area (Å²) in [5.41, 5.74) is 3.40. The summed E-state index contributed by atoms with van der Waals surface area (Å²) in [6.45, 7) is 4.06. The number of hydrogen-bond donors (Lipinski definition) is 3. The zero-order valence-corrected chi connectivity index (χ0v) is 11.2. The van der Waals surface area contributed by atoms with Gasteiger partial charge in [-0.25, -0.2) is 5.84 Å². The van der Waals surface area contributed by atoms with Crippen LogP contribution in [0.15, 0.2) is 29.3 Å². The first-order valence-corrected chi connectivity index (χ1v) is 6.25. The third-order valence-electron chi connectivity index (χ3n) is 2.16. The van der Waals surface area contributed by atoms with Crippen LogP contribution in [0.4, 0.5) is 5.69 Å². The van der Waals surface area contributed by atoms with Crippen molar-refractivity contribution in [3.8, 4) is 0 Å². The summed E-state index contributed by atoms with van der Waals surface area (Å²) in [5.74, 6) is 5.91. The summed E-state index contributed by atoms with van der Waals surface area (Å²) in [6.07, 6.45) is 0.862. The van der Waals surface area contributed by atoms with Crippen LogP contribution < -0.4 is 16.6 Å². The van der Waals surface area contributed by atoms with Crippen LogP contribution in [0.25, 0.3) is 0 Å². The predicted octanol–water partition coefficient (Wildman–Crippen LogP) is 2.00. The van der Waals surface area contributed by atoms with E-state index in [0.717, 1.165) is 18.7 Å². The third kappa shape index (κ3) is 5.86. The minimum Gasteiger partial charge on any atom is -0.382 e. The number of rotatable bonds is 6. The van der Waals surface area contributed by atoms with E-state index in [1.54, 1.807) is 12.1 Å². The second-order valence-corrected chi connectivity index (χ2v) is 3.99. The molecular formula is C12H19ClN4O. The molecule has 1 rings (SSSR count). The van der Waals surface area contributed by atoms with Gasteiger partial charge < -0.3 is 10.1 Å². The Hall–Kier alpha value is -1.30. The van der Waals surface area contributed by atoms with Crippen molar-refractivity contribution in [1.29, 1.82) is 0 Å². The van der Waals surface area contributed by atoms with Crippen LogP contribution in [-0.4, -0.2) is 25.7 Å². The summed E-state index contributed by atoms with van der Waals surface area (Å²) < 4.78 is 5.22. The molecule has 6 heteroatoms. The van der Waals surface area contributed by atoms with Gasteiger partial charge in [-0.1, -0.05) is 11.6 Å². The second-order valence-electron chi connectivity index (χ2n) is 3.56. The van der Waals surface area contributed by atoms with E-state index in [1.165, 1.54) is 0 Å². The summed E-state index contributed by atoms with van der Waals surface area (Å²) in [5, 5.41) is 3.75. The van der Waals surface area contributed by atoms with E-state index >= 15 is 0 Å². The Labute approximate surface area is 112 Å². The Bertz CT molecular complexity index is 367. The number of halogens is 1. The van der Waals surface area contributed by atoms with Crippen molar-refractivity contribution in [3.05, 3.63) is 29.3 Å². The lowest BCUT2D eigenvalue weighted by atomic mass is 10.3. The highest BCUT2D eigenvalue weighted by molar-refractivity contribution is 6.30. The lowest BCUT2D eigenvalue weighted by molar-refractivity contribution is 0.146. The molecule has 0 saturated heterocycles. The van der Waals surface area contributed by atoms with Gasteiger partial charge in [0, 0.05) is 30.5 Å². The molecule has 0 unspecified atom stereocenters. The van der Waals surface area contributed by atoms with Crippen molar-refractivity contribution in [2.24, 2.45) is 10.8 Å². The van der Waals surface area contributed by atoms with E-state index in [0.29, 0.717) is 24.1 Å². The molecule has 5 nitrogen and oxygen atoms in total. The average molecular weight is 271 g/mol. The fraction of sp³-hybridized carbons (Fsp3) is 0.417. The number of aliphatic imine (C=N–C) groups is 1. The van der Waals surface area contributed by atoms with Gasteiger partial charge in [0.15, 0.2) is 0 Å². The molecular weight excluding hydrogens is 252 g/mol. The SMILES string of the molecule is CCOCCCN=C(NN)Nc1ccc(Cl)cc1. The van der Waals surface area contributed by atoms with Gasteiger partial charge in [-0.2, -0.15) is 0 Å². The number of nitrogens with zero attached hydrogens (tertiary/aromatic N) is 1. The van der Waals surface area contributed by atoms with Crippen molar-refractivity contribution in [2.75, 3.05) is 25.1 Å². The number of hydrazine groups is 1. The number of nitrogens with two attached hydrogens (primary N) is 1. The number of benzene rings is 1. The lowest BCUT2D eigenvalue weighted by Gasteiger charge is -2.09. The van der Waals surface area contributed by atoms with Gasteiger partial charge in [0.25, 0.3) is 0 Å². The molecule has 0 heterocycles. The van der Waals surface area contributed by atoms with E-state index in [1.807, 2.05) is 19.1 Å². The zero-order valence-electron chi connectivity index (χ0n) is 10.4. The van der Waals surface area contributed by atoms with Crippen LogP contribution in [0.3, 0.4) is 0 Å². The summed E-state index contributed by atoms with van der Waals surface area (Å²) in [4.78, 5) is 4.29. The molecule has 0 aliphatic rings. The van der Waals surface area contributed by atoms with Gasteiger partial charge in [0.2, 0.25) is 5.96 Å². The third-order valence-corrected chi connectivity index (χ3v) is 2.42. The van der Waals surface area contributed by atoms with Gasteiger partial charge in [0.05, 0.1) is 0 Å². The van der Waals surface area contributed by atoms with Crippen molar-refractivity contribution >= 4 is 23.2 Å². The number of ether oxygens (including phenoxy) is 1. The minimum atomic E-state index is 0.522. The number of guanidine groups is 1. The number of nitrogens with one attached hydrogen (secondary N) is 2. The molecule has 0 amide bonds. The first-order valence-electron chi connectivity index (χ1n) is 5.87. The maximum Gasteiger partial charge on any atom is 0.210 e. The van der Waals surface area contributed by atoms with Crippen LogP contribution in [0, 0.1) is 0 Å². The van der Waals surface area contributed by atoms with Crippen LogP contribution in [-0.2, 0) is 4.74 Å². The fourth-order valence-corrected chi connectivity index (χ4v) is 1.42. The van der Waals surface area contributed by atoms with Crippen LogP contribution in [0.1, 0.15) is 13.3 Å². The molecule has 0 saturated carbocycles. The molecule has 18 heavy (non-hydrogen) atoms. The second kappa shape index (κ2) is 8.74. The summed E-state index contributed by atoms with van der Waals surface area (Å²) in [7, 11) is 0. The van der Waals surface area contributed by atoms with E-state index in [-0.39, 0.29) is 0 Å². The van der Waals surface area contributed by atoms with E-state index in [9.17, 15) is 0 Å². The zero-order chi connectivity index (χ0) is 13.2. The Morgan fingerprint density at radius 2 is 2.11 bits per heavy atom. The monoisotopic (exact) mass is 270 g/mol. The Morgan fingerprint density at radius 1 is 1.39 bits per heavy atom. The largest absolute Gasteiger partial charge is 0.382 e.